The molecule has 1 N–H and O–H groups in total. The van der Waals surface area contributed by atoms with Crippen LogP contribution in [0.25, 0.3) is 10.8 Å². The van der Waals surface area contributed by atoms with Crippen LogP contribution in [-0.2, 0) is 9.53 Å². The summed E-state index contributed by atoms with van der Waals surface area (Å²) in [6.45, 7) is 2.43. The lowest BCUT2D eigenvalue weighted by Gasteiger charge is -2.14. The zero-order valence-corrected chi connectivity index (χ0v) is 13.3. The molecule has 0 bridgehead atoms. The van der Waals surface area contributed by atoms with Crippen LogP contribution in [0.2, 0.25) is 0 Å². The first kappa shape index (κ1) is 15.8. The van der Waals surface area contributed by atoms with Crippen LogP contribution in [0.1, 0.15) is 13.3 Å². The molecule has 2 aromatic rings. The fourth-order valence-corrected chi connectivity index (χ4v) is 2.69. The van der Waals surface area contributed by atoms with Gasteiger partial charge >= 0.3 is 5.97 Å². The Balaban J connectivity index is 2.03. The summed E-state index contributed by atoms with van der Waals surface area (Å²) in [6, 6.07) is 11.8. The second-order valence-electron chi connectivity index (χ2n) is 4.52. The summed E-state index contributed by atoms with van der Waals surface area (Å²) in [5.74, 6) is -0.257. The van der Waals surface area contributed by atoms with E-state index in [-0.39, 0.29) is 6.61 Å². The van der Waals surface area contributed by atoms with Crippen LogP contribution >= 0.6 is 15.9 Å². The smallest absolute Gasteiger partial charge is 0.332 e. The molecule has 1 atom stereocenters. The summed E-state index contributed by atoms with van der Waals surface area (Å²) >= 11 is 3.54. The van der Waals surface area contributed by atoms with Gasteiger partial charge in [0.25, 0.3) is 0 Å². The number of halogens is 1. The number of aliphatic carboxylic acids is 1. The van der Waals surface area contributed by atoms with Gasteiger partial charge in [-0.05, 0) is 39.7 Å². The van der Waals surface area contributed by atoms with Gasteiger partial charge in [-0.25, -0.2) is 4.79 Å². The van der Waals surface area contributed by atoms with Crippen molar-refractivity contribution in [3.8, 4) is 5.75 Å². The van der Waals surface area contributed by atoms with Gasteiger partial charge in [-0.1, -0.05) is 30.3 Å². The van der Waals surface area contributed by atoms with Crippen molar-refractivity contribution in [2.45, 2.75) is 19.4 Å². The van der Waals surface area contributed by atoms with Crippen molar-refractivity contribution < 1.29 is 19.4 Å². The predicted molar refractivity (Wildman–Crippen MR) is 84.8 cm³/mol. The number of carbonyl (C=O) groups is 1. The first-order chi connectivity index (χ1) is 10.1. The molecule has 0 aromatic heterocycles. The van der Waals surface area contributed by atoms with Crippen molar-refractivity contribution in [2.75, 3.05) is 13.2 Å². The van der Waals surface area contributed by atoms with E-state index in [1.165, 1.54) is 0 Å². The molecule has 0 spiro atoms. The Morgan fingerprint density at radius 1 is 1.29 bits per heavy atom. The molecule has 1 unspecified atom stereocenters. The molecule has 0 saturated carbocycles. The number of ether oxygens (including phenoxy) is 2. The highest BCUT2D eigenvalue weighted by molar-refractivity contribution is 9.10. The second kappa shape index (κ2) is 7.43. The summed E-state index contributed by atoms with van der Waals surface area (Å²) in [4.78, 5) is 11.0. The maximum absolute atomic E-state index is 11.0. The molecule has 0 saturated heterocycles. The number of carboxylic acid groups (broad SMARTS) is 1. The van der Waals surface area contributed by atoms with E-state index in [0.29, 0.717) is 18.8 Å². The highest BCUT2D eigenvalue weighted by Gasteiger charge is 2.17. The highest BCUT2D eigenvalue weighted by atomic mass is 79.9. The van der Waals surface area contributed by atoms with Crippen LogP contribution < -0.4 is 4.74 Å². The lowest BCUT2D eigenvalue weighted by molar-refractivity contribution is -0.150. The first-order valence-corrected chi connectivity index (χ1v) is 7.57. The number of fused-ring (bicyclic) bond motifs is 1. The van der Waals surface area contributed by atoms with Crippen LogP contribution in [-0.4, -0.2) is 30.4 Å². The third-order valence-electron chi connectivity index (χ3n) is 3.11. The van der Waals surface area contributed by atoms with Crippen molar-refractivity contribution in [1.29, 1.82) is 0 Å². The zero-order valence-electron chi connectivity index (χ0n) is 11.7. The quantitative estimate of drug-likeness (QED) is 0.821. The average molecular weight is 353 g/mol. The summed E-state index contributed by atoms with van der Waals surface area (Å²) in [5.41, 5.74) is 0. The number of benzene rings is 2. The minimum atomic E-state index is -0.960. The minimum Gasteiger partial charge on any atom is -0.492 e. The molecule has 0 fully saturated rings. The second-order valence-corrected chi connectivity index (χ2v) is 5.31. The molecule has 2 aromatic carbocycles. The van der Waals surface area contributed by atoms with E-state index in [0.717, 1.165) is 15.2 Å². The molecule has 0 aliphatic rings. The van der Waals surface area contributed by atoms with Gasteiger partial charge in [-0.15, -0.1) is 0 Å². The van der Waals surface area contributed by atoms with E-state index in [4.69, 9.17) is 14.6 Å². The molecular weight excluding hydrogens is 336 g/mol. The van der Waals surface area contributed by atoms with Gasteiger partial charge in [-0.3, -0.25) is 0 Å². The maximum Gasteiger partial charge on any atom is 0.332 e. The molecule has 2 rings (SSSR count). The van der Waals surface area contributed by atoms with Crippen molar-refractivity contribution in [3.05, 3.63) is 40.9 Å². The Labute approximate surface area is 131 Å². The van der Waals surface area contributed by atoms with Crippen molar-refractivity contribution in [2.24, 2.45) is 0 Å². The number of hydrogen-bond donors (Lipinski definition) is 1. The van der Waals surface area contributed by atoms with Gasteiger partial charge in [0, 0.05) is 13.0 Å². The Kier molecular flexibility index (Phi) is 5.59. The van der Waals surface area contributed by atoms with Gasteiger partial charge < -0.3 is 14.6 Å². The van der Waals surface area contributed by atoms with Crippen LogP contribution in [0.3, 0.4) is 0 Å². The largest absolute Gasteiger partial charge is 0.492 e. The number of rotatable bonds is 7. The predicted octanol–water partition coefficient (Wildman–Crippen LogP) is 3.86. The number of hydrogen-bond acceptors (Lipinski definition) is 3. The Morgan fingerprint density at radius 3 is 2.76 bits per heavy atom. The molecule has 0 aliphatic heterocycles. The molecule has 0 aliphatic carbocycles. The molecule has 4 nitrogen and oxygen atoms in total. The Bertz CT molecular complexity index is 627. The normalized spacial score (nSPS) is 12.3. The Hall–Kier alpha value is -1.59. The third-order valence-corrected chi connectivity index (χ3v) is 3.93. The standard InChI is InChI=1S/C16H17BrO4/c1-2-20-14(16(18)19)9-10-21-13-8-7-11-5-3-4-6-12(11)15(13)17/h3-8,14H,2,9-10H2,1H3,(H,18,19). The van der Waals surface area contributed by atoms with E-state index >= 15 is 0 Å². The van der Waals surface area contributed by atoms with Gasteiger partial charge in [0.2, 0.25) is 0 Å². The van der Waals surface area contributed by atoms with Gasteiger partial charge in [0.1, 0.15) is 5.75 Å². The maximum atomic E-state index is 11.0. The molecule has 0 radical (unpaired) electrons. The van der Waals surface area contributed by atoms with Crippen LogP contribution in [0.15, 0.2) is 40.9 Å². The molecular formula is C16H17BrO4. The molecule has 21 heavy (non-hydrogen) atoms. The monoisotopic (exact) mass is 352 g/mol. The Morgan fingerprint density at radius 2 is 2.05 bits per heavy atom. The van der Waals surface area contributed by atoms with Crippen LogP contribution in [0, 0.1) is 0 Å². The number of carboxylic acids is 1. The summed E-state index contributed by atoms with van der Waals surface area (Å²) in [6.07, 6.45) is -0.517. The molecule has 0 heterocycles. The fourth-order valence-electron chi connectivity index (χ4n) is 2.08. The van der Waals surface area contributed by atoms with Crippen molar-refractivity contribution >= 4 is 32.7 Å². The third kappa shape index (κ3) is 3.95. The summed E-state index contributed by atoms with van der Waals surface area (Å²) < 4.78 is 11.7. The molecule has 5 heteroatoms. The molecule has 112 valence electrons. The van der Waals surface area contributed by atoms with Crippen molar-refractivity contribution in [1.82, 2.24) is 0 Å². The minimum absolute atomic E-state index is 0.286. The van der Waals surface area contributed by atoms with Crippen LogP contribution in [0.4, 0.5) is 0 Å². The summed E-state index contributed by atoms with van der Waals surface area (Å²) in [7, 11) is 0. The van der Waals surface area contributed by atoms with Crippen molar-refractivity contribution in [3.63, 3.8) is 0 Å². The average Bonchev–Trinajstić information content (AvgIpc) is 2.48. The van der Waals surface area contributed by atoms with E-state index < -0.39 is 12.1 Å². The van der Waals surface area contributed by atoms with Gasteiger partial charge in [-0.2, -0.15) is 0 Å². The topological polar surface area (TPSA) is 55.8 Å². The van der Waals surface area contributed by atoms with E-state index in [1.54, 1.807) is 6.92 Å². The lowest BCUT2D eigenvalue weighted by Crippen LogP contribution is -2.26. The molecule has 0 amide bonds. The van der Waals surface area contributed by atoms with E-state index in [2.05, 4.69) is 15.9 Å². The fraction of sp³-hybridized carbons (Fsp3) is 0.312. The summed E-state index contributed by atoms with van der Waals surface area (Å²) in [5, 5.41) is 11.2. The van der Waals surface area contributed by atoms with E-state index in [9.17, 15) is 4.79 Å². The SMILES string of the molecule is CCOC(CCOc1ccc2ccccc2c1Br)C(=O)O. The first-order valence-electron chi connectivity index (χ1n) is 6.78. The highest BCUT2D eigenvalue weighted by Crippen LogP contribution is 2.33. The van der Waals surface area contributed by atoms with Crippen LogP contribution in [0.5, 0.6) is 5.75 Å². The van der Waals surface area contributed by atoms with Gasteiger partial charge in [0.15, 0.2) is 6.10 Å². The van der Waals surface area contributed by atoms with Gasteiger partial charge in [0.05, 0.1) is 11.1 Å². The van der Waals surface area contributed by atoms with E-state index in [1.807, 2.05) is 36.4 Å². The lowest BCUT2D eigenvalue weighted by atomic mass is 10.1. The zero-order chi connectivity index (χ0) is 15.2.